The van der Waals surface area contributed by atoms with Crippen LogP contribution in [0.2, 0.25) is 0 Å². The number of hydrogen-bond acceptors (Lipinski definition) is 4. The second kappa shape index (κ2) is 6.72. The fourth-order valence-electron chi connectivity index (χ4n) is 0.968. The van der Waals surface area contributed by atoms with Gasteiger partial charge in [-0.1, -0.05) is 41.8 Å². The molecule has 0 heterocycles. The molecule has 0 aromatic heterocycles. The Labute approximate surface area is 97.5 Å². The minimum Gasteiger partial charge on any atom is -0.364 e. The molecule has 0 saturated heterocycles. The summed E-state index contributed by atoms with van der Waals surface area (Å²) >= 11 is 0. The van der Waals surface area contributed by atoms with Gasteiger partial charge >= 0.3 is 0 Å². The quantitative estimate of drug-likeness (QED) is 0.347. The van der Waals surface area contributed by atoms with Gasteiger partial charge in [-0.25, -0.2) is 10.1 Å². The molecule has 17 heavy (non-hydrogen) atoms. The fraction of sp³-hybridized carbons (Fsp3) is 0. The van der Waals surface area contributed by atoms with Crippen LogP contribution in [-0.2, 0) is 0 Å². The lowest BCUT2D eigenvalue weighted by Crippen LogP contribution is -2.35. The van der Waals surface area contributed by atoms with Crippen molar-refractivity contribution in [3.05, 3.63) is 52.1 Å². The van der Waals surface area contributed by atoms with Crippen LogP contribution in [0.3, 0.4) is 0 Å². The topological polar surface area (TPSA) is 106 Å². The third kappa shape index (κ3) is 5.67. The van der Waals surface area contributed by atoms with E-state index in [9.17, 15) is 10.1 Å². The average Bonchev–Trinajstić information content (AvgIpc) is 2.29. The molecule has 0 bridgehead atoms. The Bertz CT molecular complexity index is 453. The summed E-state index contributed by atoms with van der Waals surface area (Å²) in [5, 5.41) is 16.0. The van der Waals surface area contributed by atoms with Crippen molar-refractivity contribution in [1.82, 2.24) is 5.43 Å². The number of hydrazine groups is 1. The Morgan fingerprint density at radius 1 is 1.41 bits per heavy atom. The van der Waals surface area contributed by atoms with Crippen molar-refractivity contribution in [2.75, 3.05) is 0 Å². The maximum Gasteiger partial charge on any atom is 0.275 e. The Morgan fingerprint density at radius 3 is 2.76 bits per heavy atom. The molecule has 3 N–H and O–H groups in total. The lowest BCUT2D eigenvalue weighted by atomic mass is 10.2. The molecule has 0 aliphatic carbocycles. The van der Waals surface area contributed by atoms with E-state index in [1.807, 2.05) is 36.4 Å². The van der Waals surface area contributed by atoms with E-state index < -0.39 is 5.03 Å². The molecule has 1 aromatic rings. The first-order valence-electron chi connectivity index (χ1n) is 4.68. The van der Waals surface area contributed by atoms with E-state index in [1.165, 1.54) is 6.21 Å². The average molecular weight is 233 g/mol. The molecule has 0 atom stereocenters. The standard InChI is InChI=1S/C10H11N5O2/c11-10(14-15(16)17)13-12-8-4-7-9-5-2-1-3-6-9/h1-8H,(H3,11,13,14)/b7-4+,12-8-. The van der Waals surface area contributed by atoms with Gasteiger partial charge in [-0.2, -0.15) is 5.10 Å². The number of rotatable bonds is 4. The maximum absolute atomic E-state index is 9.95. The molecule has 0 aliphatic heterocycles. The highest BCUT2D eigenvalue weighted by Gasteiger charge is 1.95. The molecular weight excluding hydrogens is 222 g/mol. The minimum absolute atomic E-state index is 0.376. The van der Waals surface area contributed by atoms with Gasteiger partial charge in [0.1, 0.15) is 0 Å². The van der Waals surface area contributed by atoms with Crippen LogP contribution in [0.15, 0.2) is 46.6 Å². The molecule has 0 fully saturated rings. The SMILES string of the molecule is NC(=N/N=C\C=C\c1ccccc1)N[N+](=O)[O-]. The van der Waals surface area contributed by atoms with Crippen LogP contribution >= 0.6 is 0 Å². The van der Waals surface area contributed by atoms with Gasteiger partial charge in [0.25, 0.3) is 5.96 Å². The molecule has 88 valence electrons. The molecule has 0 saturated carbocycles. The summed E-state index contributed by atoms with van der Waals surface area (Å²) in [6.45, 7) is 0. The molecule has 0 amide bonds. The summed E-state index contributed by atoms with van der Waals surface area (Å²) in [6, 6.07) is 9.59. The van der Waals surface area contributed by atoms with Gasteiger partial charge in [0.05, 0.1) is 0 Å². The van der Waals surface area contributed by atoms with Crippen LogP contribution in [0.1, 0.15) is 5.56 Å². The molecule has 7 heteroatoms. The molecular formula is C10H11N5O2. The van der Waals surface area contributed by atoms with E-state index in [-0.39, 0.29) is 5.96 Å². The fourth-order valence-corrected chi connectivity index (χ4v) is 0.968. The first kappa shape index (κ1) is 12.4. The predicted octanol–water partition coefficient (Wildman–Crippen LogP) is 0.782. The Balaban J connectivity index is 2.45. The Hall–Kier alpha value is -2.70. The molecule has 1 aromatic carbocycles. The van der Waals surface area contributed by atoms with Crippen molar-refractivity contribution >= 4 is 18.3 Å². The number of nitrogens with zero attached hydrogens (tertiary/aromatic N) is 3. The Kier molecular flexibility index (Phi) is 4.89. The van der Waals surface area contributed by atoms with Gasteiger partial charge in [0, 0.05) is 6.21 Å². The van der Waals surface area contributed by atoms with Crippen LogP contribution in [-0.4, -0.2) is 17.2 Å². The highest BCUT2D eigenvalue weighted by Crippen LogP contribution is 1.99. The van der Waals surface area contributed by atoms with Crippen LogP contribution in [0.4, 0.5) is 0 Å². The van der Waals surface area contributed by atoms with Crippen molar-refractivity contribution in [2.24, 2.45) is 15.9 Å². The second-order valence-electron chi connectivity index (χ2n) is 2.89. The number of hydrogen-bond donors (Lipinski definition) is 2. The van der Waals surface area contributed by atoms with E-state index in [0.29, 0.717) is 0 Å². The third-order valence-corrected chi connectivity index (χ3v) is 1.61. The van der Waals surface area contributed by atoms with E-state index in [1.54, 1.807) is 11.5 Å². The third-order valence-electron chi connectivity index (χ3n) is 1.61. The van der Waals surface area contributed by atoms with Gasteiger partial charge in [-0.3, -0.25) is 0 Å². The van der Waals surface area contributed by atoms with Gasteiger partial charge in [-0.15, -0.1) is 5.10 Å². The molecule has 0 aliphatic rings. The first-order valence-corrected chi connectivity index (χ1v) is 4.68. The monoisotopic (exact) mass is 233 g/mol. The van der Waals surface area contributed by atoms with Gasteiger partial charge < -0.3 is 5.73 Å². The van der Waals surface area contributed by atoms with Crippen LogP contribution in [0, 0.1) is 10.1 Å². The summed E-state index contributed by atoms with van der Waals surface area (Å²) in [5.74, 6) is -0.376. The highest BCUT2D eigenvalue weighted by molar-refractivity contribution is 5.80. The molecule has 1 rings (SSSR count). The van der Waals surface area contributed by atoms with Crippen molar-refractivity contribution < 1.29 is 5.03 Å². The summed E-state index contributed by atoms with van der Waals surface area (Å²) in [4.78, 5) is 9.95. The van der Waals surface area contributed by atoms with E-state index in [2.05, 4.69) is 10.2 Å². The normalized spacial score (nSPS) is 12.1. The smallest absolute Gasteiger partial charge is 0.275 e. The predicted molar refractivity (Wildman–Crippen MR) is 65.7 cm³/mol. The molecule has 0 radical (unpaired) electrons. The number of benzene rings is 1. The van der Waals surface area contributed by atoms with Crippen molar-refractivity contribution in [3.8, 4) is 0 Å². The molecule has 7 nitrogen and oxygen atoms in total. The molecule has 0 unspecified atom stereocenters. The van der Waals surface area contributed by atoms with Crippen LogP contribution in [0.25, 0.3) is 6.08 Å². The van der Waals surface area contributed by atoms with Crippen molar-refractivity contribution in [2.45, 2.75) is 0 Å². The van der Waals surface area contributed by atoms with Crippen molar-refractivity contribution in [3.63, 3.8) is 0 Å². The number of nitrogens with one attached hydrogen (secondary N) is 1. The van der Waals surface area contributed by atoms with E-state index >= 15 is 0 Å². The first-order chi connectivity index (χ1) is 8.18. The minimum atomic E-state index is -0.811. The zero-order chi connectivity index (χ0) is 12.5. The number of nitro groups is 1. The van der Waals surface area contributed by atoms with Crippen molar-refractivity contribution in [1.29, 1.82) is 0 Å². The highest BCUT2D eigenvalue weighted by atomic mass is 16.7. The van der Waals surface area contributed by atoms with Gasteiger partial charge in [0.2, 0.25) is 0 Å². The second-order valence-corrected chi connectivity index (χ2v) is 2.89. The van der Waals surface area contributed by atoms with E-state index in [0.717, 1.165) is 5.56 Å². The largest absolute Gasteiger partial charge is 0.364 e. The summed E-state index contributed by atoms with van der Waals surface area (Å²) in [6.07, 6.45) is 4.84. The lowest BCUT2D eigenvalue weighted by Gasteiger charge is -1.90. The van der Waals surface area contributed by atoms with E-state index in [4.69, 9.17) is 5.73 Å². The Morgan fingerprint density at radius 2 is 2.12 bits per heavy atom. The van der Waals surface area contributed by atoms with Crippen LogP contribution in [0.5, 0.6) is 0 Å². The number of nitrogens with two attached hydrogens (primary N) is 1. The lowest BCUT2D eigenvalue weighted by molar-refractivity contribution is -0.525. The summed E-state index contributed by atoms with van der Waals surface area (Å²) in [7, 11) is 0. The zero-order valence-corrected chi connectivity index (χ0v) is 8.85. The van der Waals surface area contributed by atoms with Gasteiger partial charge in [-0.05, 0) is 11.6 Å². The van der Waals surface area contributed by atoms with Crippen LogP contribution < -0.4 is 11.2 Å². The summed E-state index contributed by atoms with van der Waals surface area (Å²) in [5.41, 5.74) is 7.80. The number of guanidine groups is 1. The zero-order valence-electron chi connectivity index (χ0n) is 8.85. The maximum atomic E-state index is 9.95. The summed E-state index contributed by atoms with van der Waals surface area (Å²) < 4.78 is 0. The number of allylic oxidation sites excluding steroid dienone is 1. The van der Waals surface area contributed by atoms with Gasteiger partial charge in [0.15, 0.2) is 5.03 Å². The molecule has 0 spiro atoms.